The summed E-state index contributed by atoms with van der Waals surface area (Å²) in [6, 6.07) is 22.0. The van der Waals surface area contributed by atoms with Crippen molar-refractivity contribution in [2.75, 3.05) is 39.6 Å². The Morgan fingerprint density at radius 2 is 0.563 bits per heavy atom. The number of allylic oxidation sites excluding steroid dienone is 4. The molecule has 12 rings (SSSR count). The summed E-state index contributed by atoms with van der Waals surface area (Å²) in [5.41, 5.74) is 8.65. The Morgan fingerprint density at radius 3 is 0.796 bits per heavy atom. The van der Waals surface area contributed by atoms with Crippen LogP contribution in [0.3, 0.4) is 0 Å². The first kappa shape index (κ1) is 96.7. The molecule has 4 aromatic rings. The average Bonchev–Trinajstić information content (AvgIpc) is 0.873. The molecule has 6 atom stereocenters. The maximum Gasteiger partial charge on any atom is 0.161 e. The van der Waals surface area contributed by atoms with E-state index >= 15 is 0 Å². The molecule has 0 N–H and O–H groups in total. The molecule has 6 fully saturated rings. The van der Waals surface area contributed by atoms with Crippen LogP contribution in [-0.2, 0) is 28.4 Å². The second-order valence-corrected chi connectivity index (χ2v) is 32.3. The van der Waals surface area contributed by atoms with Crippen LogP contribution in [0, 0.1) is 138 Å². The summed E-state index contributed by atoms with van der Waals surface area (Å²) in [7, 11) is 0. The maximum atomic E-state index is 12.7. The lowest BCUT2D eigenvalue weighted by atomic mass is 9.82. The molecular formula is C91H148F6O6. The number of hydrogen-bond acceptors (Lipinski definition) is 6. The molecule has 4 saturated heterocycles. The second-order valence-electron chi connectivity index (χ2n) is 32.3. The van der Waals surface area contributed by atoms with Gasteiger partial charge in [0.15, 0.2) is 24.2 Å². The topological polar surface area (TPSA) is 55.4 Å². The zero-order chi connectivity index (χ0) is 77.7. The van der Waals surface area contributed by atoms with Crippen molar-refractivity contribution >= 4 is 0 Å². The molecule has 8 aliphatic rings. The van der Waals surface area contributed by atoms with Gasteiger partial charge in [-0.3, -0.25) is 0 Å². The van der Waals surface area contributed by atoms with E-state index in [0.717, 1.165) is 110 Å². The van der Waals surface area contributed by atoms with E-state index in [9.17, 15) is 26.3 Å². The van der Waals surface area contributed by atoms with Gasteiger partial charge in [0.1, 0.15) is 11.6 Å². The van der Waals surface area contributed by atoms with E-state index in [0.29, 0.717) is 71.0 Å². The monoisotopic (exact) mass is 1450 g/mol. The van der Waals surface area contributed by atoms with E-state index in [1.807, 2.05) is 53.7 Å². The largest absolute Gasteiger partial charge is 0.378 e. The zero-order valence-electron chi connectivity index (χ0n) is 69.4. The highest BCUT2D eigenvalue weighted by Gasteiger charge is 2.20. The van der Waals surface area contributed by atoms with Gasteiger partial charge in [-0.05, 0) is 252 Å². The SMILES string of the molecule is CC1=C(F)CC(C)CC1.CC1=C(F)CC(C)CC1.CC1CCC(C)CC1.CC1CCC(C)OC1.CC1CCC(C)OC1.CC1COC(C)OC1.CC1COC(C)OC1.CCC1CCC(C)CC1.Cc1ccc(C)c(F)c1.Cc1ccc(C)c(F)c1.Cc1ccc(C)c(F)c1F.Cc1ccc(C)cc1. The second kappa shape index (κ2) is 55.2. The molecule has 4 aromatic carbocycles. The molecule has 4 aliphatic carbocycles. The molecule has 0 bridgehead atoms. The van der Waals surface area contributed by atoms with Crippen LogP contribution >= 0.6 is 0 Å². The van der Waals surface area contributed by atoms with Crippen LogP contribution in [0.5, 0.6) is 0 Å². The smallest absolute Gasteiger partial charge is 0.161 e. The minimum absolute atomic E-state index is 0.0196. The molecule has 6 nitrogen and oxygen atoms in total. The van der Waals surface area contributed by atoms with Crippen LogP contribution in [0.1, 0.15) is 277 Å². The van der Waals surface area contributed by atoms with Gasteiger partial charge >= 0.3 is 0 Å². The van der Waals surface area contributed by atoms with Crippen molar-refractivity contribution < 1.29 is 54.8 Å². The molecule has 590 valence electrons. The van der Waals surface area contributed by atoms with Crippen molar-refractivity contribution in [3.8, 4) is 0 Å². The number of ether oxygens (including phenoxy) is 6. The zero-order valence-corrected chi connectivity index (χ0v) is 69.4. The first-order valence-electron chi connectivity index (χ1n) is 39.8. The predicted molar refractivity (Wildman–Crippen MR) is 424 cm³/mol. The molecule has 0 spiro atoms. The van der Waals surface area contributed by atoms with Crippen molar-refractivity contribution in [3.63, 3.8) is 0 Å². The average molecular weight is 1450 g/mol. The number of rotatable bonds is 1. The molecule has 0 radical (unpaired) electrons. The fourth-order valence-corrected chi connectivity index (χ4v) is 11.7. The summed E-state index contributed by atoms with van der Waals surface area (Å²) in [6.07, 6.45) is 25.2. The lowest BCUT2D eigenvalue weighted by Crippen LogP contribution is -2.27. The first-order chi connectivity index (χ1) is 48.5. The predicted octanol–water partition coefficient (Wildman–Crippen LogP) is 27.6. The summed E-state index contributed by atoms with van der Waals surface area (Å²) in [4.78, 5) is 0. The molecule has 6 unspecified atom stereocenters. The quantitative estimate of drug-likeness (QED) is 0.177. The molecule has 0 aromatic heterocycles. The Bertz CT molecular complexity index is 2560. The van der Waals surface area contributed by atoms with E-state index in [4.69, 9.17) is 28.4 Å². The van der Waals surface area contributed by atoms with Crippen LogP contribution in [0.15, 0.2) is 95.6 Å². The van der Waals surface area contributed by atoms with Crippen LogP contribution < -0.4 is 0 Å². The molecule has 12 heteroatoms. The van der Waals surface area contributed by atoms with Gasteiger partial charge in [0.25, 0.3) is 0 Å². The molecular weight excluding hydrogens is 1300 g/mol. The molecule has 103 heavy (non-hydrogen) atoms. The third-order valence-electron chi connectivity index (χ3n) is 20.3. The third kappa shape index (κ3) is 47.9. The first-order valence-corrected chi connectivity index (χ1v) is 39.8. The molecule has 4 aliphatic heterocycles. The van der Waals surface area contributed by atoms with Crippen molar-refractivity contribution in [1.82, 2.24) is 0 Å². The Kier molecular flexibility index (Phi) is 51.8. The van der Waals surface area contributed by atoms with E-state index < -0.39 is 11.6 Å². The Morgan fingerprint density at radius 1 is 0.291 bits per heavy atom. The molecule has 0 amide bonds. The summed E-state index contributed by atoms with van der Waals surface area (Å²) in [6.45, 7) is 54.2. The van der Waals surface area contributed by atoms with E-state index in [-0.39, 0.29) is 35.9 Å². The number of benzene rings is 4. The van der Waals surface area contributed by atoms with E-state index in [1.165, 1.54) is 133 Å². The van der Waals surface area contributed by atoms with Crippen molar-refractivity contribution in [3.05, 3.63) is 163 Å². The van der Waals surface area contributed by atoms with Gasteiger partial charge in [-0.1, -0.05) is 199 Å². The van der Waals surface area contributed by atoms with Crippen molar-refractivity contribution in [1.29, 1.82) is 0 Å². The van der Waals surface area contributed by atoms with Crippen molar-refractivity contribution in [2.45, 2.75) is 313 Å². The minimum atomic E-state index is -0.736. The Labute approximate surface area is 626 Å². The van der Waals surface area contributed by atoms with E-state index in [2.05, 4.69) is 121 Å². The van der Waals surface area contributed by atoms with Gasteiger partial charge in [0.2, 0.25) is 0 Å². The van der Waals surface area contributed by atoms with Gasteiger partial charge < -0.3 is 28.4 Å². The lowest BCUT2D eigenvalue weighted by Gasteiger charge is -2.24. The summed E-state index contributed by atoms with van der Waals surface area (Å²) < 4.78 is 107. The number of halogens is 6. The minimum Gasteiger partial charge on any atom is -0.378 e. The van der Waals surface area contributed by atoms with Gasteiger partial charge in [-0.2, -0.15) is 0 Å². The summed E-state index contributed by atoms with van der Waals surface area (Å²) in [5, 5.41) is 0. The van der Waals surface area contributed by atoms with Gasteiger partial charge in [0, 0.05) is 37.9 Å². The normalized spacial score (nSPS) is 27.1. The Balaban J connectivity index is 0.000000562. The highest BCUT2D eigenvalue weighted by atomic mass is 19.2. The Hall–Kier alpha value is -4.30. The molecule has 4 heterocycles. The summed E-state index contributed by atoms with van der Waals surface area (Å²) in [5.74, 6) is 6.57. The number of aryl methyl sites for hydroxylation is 8. The fourth-order valence-electron chi connectivity index (χ4n) is 11.7. The van der Waals surface area contributed by atoms with Crippen LogP contribution in [0.4, 0.5) is 26.3 Å². The standard InChI is InChI=1S/C9H18.C8H8F2.2C8H13F.2C8H9F.C8H16.C8H10.2C7H14O.2C6H12O2/c1-3-9-6-4-8(2)5-7-9;1-5-3-4-6(2)8(10)7(5)9;4*1-6-3-4-7(2)8(9)5-6;2*1-7-3-5-8(2)6-4-7;2*1-6-3-4-7(2)8-5-6;2*1-5-3-7-6(2)8-4-5/h8-9H,3-7H2,1-2H3;3-4H,1-2H3;2*6H,3-5H2,1-2H3;2*3-5H,1-2H3;7-8H,3-6H2,1-2H3;3-6H,1-2H3;2*6-7H,3-5H2,1-2H3;2*5-6H,3-4H2,1-2H3. The highest BCUT2D eigenvalue weighted by Crippen LogP contribution is 2.32. The maximum absolute atomic E-state index is 12.7. The fraction of sp³-hybridized carbons (Fsp3) is 0.692. The lowest BCUT2D eigenvalue weighted by molar-refractivity contribution is -0.187. The molecule has 2 saturated carbocycles. The van der Waals surface area contributed by atoms with Crippen LogP contribution in [0.25, 0.3) is 0 Å². The van der Waals surface area contributed by atoms with E-state index in [1.54, 1.807) is 38.1 Å². The van der Waals surface area contributed by atoms with Gasteiger partial charge in [0.05, 0.1) is 50.3 Å². The summed E-state index contributed by atoms with van der Waals surface area (Å²) >= 11 is 0. The highest BCUT2D eigenvalue weighted by molar-refractivity contribution is 5.25. The third-order valence-corrected chi connectivity index (χ3v) is 20.3. The van der Waals surface area contributed by atoms with Crippen LogP contribution in [-0.4, -0.2) is 64.4 Å². The van der Waals surface area contributed by atoms with Crippen molar-refractivity contribution in [2.24, 2.45) is 59.2 Å². The van der Waals surface area contributed by atoms with Gasteiger partial charge in [-0.15, -0.1) is 0 Å². The van der Waals surface area contributed by atoms with Gasteiger partial charge in [-0.25, -0.2) is 26.3 Å². The number of hydrogen-bond donors (Lipinski definition) is 0. The van der Waals surface area contributed by atoms with Crippen LogP contribution in [0.2, 0.25) is 0 Å².